The molecule has 1 fully saturated rings. The van der Waals surface area contributed by atoms with Crippen LogP contribution in [0.15, 0.2) is 35.5 Å². The summed E-state index contributed by atoms with van der Waals surface area (Å²) >= 11 is 0. The van der Waals surface area contributed by atoms with Gasteiger partial charge in [0.1, 0.15) is 5.75 Å². The van der Waals surface area contributed by atoms with Crippen molar-refractivity contribution in [2.75, 3.05) is 26.2 Å². The molecule has 2 aliphatic rings. The van der Waals surface area contributed by atoms with Crippen LogP contribution in [0.1, 0.15) is 45.2 Å². The molecular weight excluding hydrogens is 412 g/mol. The highest BCUT2D eigenvalue weighted by molar-refractivity contribution is 5.95. The first-order chi connectivity index (χ1) is 15.3. The van der Waals surface area contributed by atoms with Crippen LogP contribution < -0.4 is 21.1 Å². The molecule has 0 saturated carbocycles. The van der Waals surface area contributed by atoms with E-state index in [0.717, 1.165) is 5.56 Å². The monoisotopic (exact) mass is 444 g/mol. The summed E-state index contributed by atoms with van der Waals surface area (Å²) in [6.45, 7) is 7.54. The van der Waals surface area contributed by atoms with E-state index in [1.54, 1.807) is 6.92 Å². The SMILES string of the molecule is CCOC(=O)C1=C(CN2CCC(C(N)=O)CC2)NC(=O)N[C@@H]1c1ccc(OC(C)C)cc1. The van der Waals surface area contributed by atoms with E-state index < -0.39 is 12.0 Å². The molecule has 0 bridgehead atoms. The average Bonchev–Trinajstić information content (AvgIpc) is 2.74. The molecule has 1 atom stereocenters. The van der Waals surface area contributed by atoms with Gasteiger partial charge in [-0.25, -0.2) is 9.59 Å². The van der Waals surface area contributed by atoms with Crippen LogP contribution in [0.3, 0.4) is 0 Å². The van der Waals surface area contributed by atoms with E-state index in [1.165, 1.54) is 0 Å². The van der Waals surface area contributed by atoms with Gasteiger partial charge in [0.15, 0.2) is 0 Å². The fourth-order valence-corrected chi connectivity index (χ4v) is 4.05. The fourth-order valence-electron chi connectivity index (χ4n) is 4.05. The maximum absolute atomic E-state index is 12.9. The van der Waals surface area contributed by atoms with Gasteiger partial charge in [0, 0.05) is 18.2 Å². The number of hydrogen-bond acceptors (Lipinski definition) is 6. The first-order valence-electron chi connectivity index (χ1n) is 11.0. The zero-order valence-electron chi connectivity index (χ0n) is 18.8. The Kier molecular flexibility index (Phi) is 7.74. The summed E-state index contributed by atoms with van der Waals surface area (Å²) in [6, 6.07) is 6.29. The number of piperidine rings is 1. The molecule has 9 heteroatoms. The molecule has 1 saturated heterocycles. The molecule has 3 amide bonds. The van der Waals surface area contributed by atoms with Crippen molar-refractivity contribution in [2.24, 2.45) is 11.7 Å². The van der Waals surface area contributed by atoms with Crippen molar-refractivity contribution in [3.8, 4) is 5.75 Å². The molecule has 2 heterocycles. The molecule has 0 spiro atoms. The van der Waals surface area contributed by atoms with Crippen LogP contribution in [0.4, 0.5) is 4.79 Å². The smallest absolute Gasteiger partial charge is 0.338 e. The molecule has 4 N–H and O–H groups in total. The number of nitrogens with one attached hydrogen (secondary N) is 2. The maximum Gasteiger partial charge on any atom is 0.338 e. The van der Waals surface area contributed by atoms with Gasteiger partial charge in [0.25, 0.3) is 0 Å². The summed E-state index contributed by atoms with van der Waals surface area (Å²) in [7, 11) is 0. The van der Waals surface area contributed by atoms with Crippen LogP contribution in [-0.2, 0) is 14.3 Å². The number of urea groups is 1. The minimum Gasteiger partial charge on any atom is -0.491 e. The Morgan fingerprint density at radius 2 is 1.84 bits per heavy atom. The van der Waals surface area contributed by atoms with E-state index in [-0.39, 0.29) is 30.6 Å². The highest BCUT2D eigenvalue weighted by atomic mass is 16.5. The van der Waals surface area contributed by atoms with Gasteiger partial charge in [-0.3, -0.25) is 9.69 Å². The number of hydrogen-bond donors (Lipinski definition) is 3. The minimum atomic E-state index is -0.644. The Hall–Kier alpha value is -3.07. The number of ether oxygens (including phenoxy) is 2. The van der Waals surface area contributed by atoms with Crippen LogP contribution in [0.25, 0.3) is 0 Å². The van der Waals surface area contributed by atoms with Crippen molar-refractivity contribution in [3.63, 3.8) is 0 Å². The van der Waals surface area contributed by atoms with E-state index in [4.69, 9.17) is 15.2 Å². The van der Waals surface area contributed by atoms with Crippen molar-refractivity contribution in [1.82, 2.24) is 15.5 Å². The molecule has 0 aliphatic carbocycles. The van der Waals surface area contributed by atoms with Crippen LogP contribution in [-0.4, -0.2) is 55.2 Å². The summed E-state index contributed by atoms with van der Waals surface area (Å²) in [5, 5.41) is 5.64. The van der Waals surface area contributed by atoms with Crippen molar-refractivity contribution in [1.29, 1.82) is 0 Å². The summed E-state index contributed by atoms with van der Waals surface area (Å²) < 4.78 is 11.0. The topological polar surface area (TPSA) is 123 Å². The molecule has 0 aromatic heterocycles. The summed E-state index contributed by atoms with van der Waals surface area (Å²) in [5.41, 5.74) is 7.07. The number of likely N-dealkylation sites (tertiary alicyclic amines) is 1. The van der Waals surface area contributed by atoms with Gasteiger partial charge in [0.2, 0.25) is 5.91 Å². The normalized spacial score (nSPS) is 20.0. The van der Waals surface area contributed by atoms with Crippen LogP contribution in [0.2, 0.25) is 0 Å². The van der Waals surface area contributed by atoms with Crippen LogP contribution in [0, 0.1) is 5.92 Å². The number of carbonyl (C=O) groups excluding carboxylic acids is 3. The average molecular weight is 445 g/mol. The molecule has 174 valence electrons. The summed E-state index contributed by atoms with van der Waals surface area (Å²) in [6.07, 6.45) is 1.36. The Labute approximate surface area is 188 Å². The van der Waals surface area contributed by atoms with Crippen molar-refractivity contribution < 1.29 is 23.9 Å². The lowest BCUT2D eigenvalue weighted by Crippen LogP contribution is -2.49. The highest BCUT2D eigenvalue weighted by Crippen LogP contribution is 2.30. The third kappa shape index (κ3) is 5.79. The van der Waals surface area contributed by atoms with Crippen molar-refractivity contribution >= 4 is 17.9 Å². The minimum absolute atomic E-state index is 0.0414. The van der Waals surface area contributed by atoms with E-state index in [0.29, 0.717) is 49.5 Å². The standard InChI is InChI=1S/C23H32N4O5/c1-4-31-22(29)19-18(13-27-11-9-16(10-12-27)21(24)28)25-23(30)26-20(19)15-5-7-17(8-6-15)32-14(2)3/h5-8,14,16,20H,4,9-13H2,1-3H3,(H2,24,28)(H2,25,26,30)/t20-/m1/s1. The first kappa shape index (κ1) is 23.6. The molecule has 0 radical (unpaired) electrons. The number of nitrogens with zero attached hydrogens (tertiary/aromatic N) is 1. The largest absolute Gasteiger partial charge is 0.491 e. The molecule has 0 unspecified atom stereocenters. The lowest BCUT2D eigenvalue weighted by molar-refractivity contribution is -0.139. The Morgan fingerprint density at radius 3 is 2.41 bits per heavy atom. The maximum atomic E-state index is 12.9. The summed E-state index contributed by atoms with van der Waals surface area (Å²) in [4.78, 5) is 38.9. The molecule has 2 aliphatic heterocycles. The third-order valence-corrected chi connectivity index (χ3v) is 5.61. The van der Waals surface area contributed by atoms with Gasteiger partial charge in [0.05, 0.1) is 24.3 Å². The quantitative estimate of drug-likeness (QED) is 0.526. The number of rotatable bonds is 8. The van der Waals surface area contributed by atoms with Crippen LogP contribution in [0.5, 0.6) is 5.75 Å². The Bertz CT molecular complexity index is 873. The third-order valence-electron chi connectivity index (χ3n) is 5.61. The van der Waals surface area contributed by atoms with Crippen LogP contribution >= 0.6 is 0 Å². The van der Waals surface area contributed by atoms with E-state index in [9.17, 15) is 14.4 Å². The number of esters is 1. The van der Waals surface area contributed by atoms with E-state index >= 15 is 0 Å². The van der Waals surface area contributed by atoms with Gasteiger partial charge < -0.3 is 25.8 Å². The molecular formula is C23H32N4O5. The molecule has 3 rings (SSSR count). The van der Waals surface area contributed by atoms with Gasteiger partial charge in [-0.2, -0.15) is 0 Å². The summed E-state index contributed by atoms with van der Waals surface area (Å²) in [5.74, 6) is -0.180. The fraction of sp³-hybridized carbons (Fsp3) is 0.522. The predicted octanol–water partition coefficient (Wildman–Crippen LogP) is 1.84. The van der Waals surface area contributed by atoms with Gasteiger partial charge >= 0.3 is 12.0 Å². The zero-order chi connectivity index (χ0) is 23.3. The number of nitrogens with two attached hydrogens (primary N) is 1. The Balaban J connectivity index is 1.87. The first-order valence-corrected chi connectivity index (χ1v) is 11.0. The molecule has 1 aromatic carbocycles. The second kappa shape index (κ2) is 10.5. The second-order valence-corrected chi connectivity index (χ2v) is 8.33. The molecule has 32 heavy (non-hydrogen) atoms. The van der Waals surface area contributed by atoms with Gasteiger partial charge in [-0.1, -0.05) is 12.1 Å². The predicted molar refractivity (Wildman–Crippen MR) is 119 cm³/mol. The molecule has 9 nitrogen and oxygen atoms in total. The molecule has 1 aromatic rings. The van der Waals surface area contributed by atoms with E-state index in [1.807, 2.05) is 38.1 Å². The lowest BCUT2D eigenvalue weighted by Gasteiger charge is -2.34. The van der Waals surface area contributed by atoms with Gasteiger partial charge in [-0.15, -0.1) is 0 Å². The zero-order valence-corrected chi connectivity index (χ0v) is 18.8. The second-order valence-electron chi connectivity index (χ2n) is 8.33. The number of carbonyl (C=O) groups is 3. The number of benzene rings is 1. The number of primary amides is 1. The lowest BCUT2D eigenvalue weighted by atomic mass is 9.93. The highest BCUT2D eigenvalue weighted by Gasteiger charge is 2.35. The van der Waals surface area contributed by atoms with E-state index in [2.05, 4.69) is 15.5 Å². The van der Waals surface area contributed by atoms with Crippen molar-refractivity contribution in [3.05, 3.63) is 41.1 Å². The number of amides is 3. The van der Waals surface area contributed by atoms with Gasteiger partial charge in [-0.05, 0) is 64.4 Å². The van der Waals surface area contributed by atoms with Crippen molar-refractivity contribution in [2.45, 2.75) is 45.8 Å². The Morgan fingerprint density at radius 1 is 1.19 bits per heavy atom.